The van der Waals surface area contributed by atoms with E-state index in [0.29, 0.717) is 18.7 Å². The fraction of sp³-hybridized carbons (Fsp3) is 0.364. The van der Waals surface area contributed by atoms with Crippen LogP contribution in [0.25, 0.3) is 10.2 Å². The molecular weight excluding hydrogens is 416 g/mol. The molecule has 8 heteroatoms. The Labute approximate surface area is 182 Å². The lowest BCUT2D eigenvalue weighted by molar-refractivity contribution is -0.116. The summed E-state index contributed by atoms with van der Waals surface area (Å²) in [4.78, 5) is 33.1. The highest BCUT2D eigenvalue weighted by Crippen LogP contribution is 2.33. The Bertz CT molecular complexity index is 1180. The van der Waals surface area contributed by atoms with Crippen LogP contribution in [0.1, 0.15) is 36.1 Å². The van der Waals surface area contributed by atoms with Crippen molar-refractivity contribution in [3.8, 4) is 6.07 Å². The minimum atomic E-state index is -0.150. The van der Waals surface area contributed by atoms with E-state index in [0.717, 1.165) is 40.1 Å². The molecule has 1 N–H and O–H groups in total. The molecule has 0 saturated heterocycles. The molecule has 2 heterocycles. The van der Waals surface area contributed by atoms with E-state index in [-0.39, 0.29) is 17.9 Å². The normalized spacial score (nSPS) is 13.0. The van der Waals surface area contributed by atoms with Gasteiger partial charge < -0.3 is 5.32 Å². The van der Waals surface area contributed by atoms with Gasteiger partial charge in [-0.05, 0) is 43.4 Å². The number of thiophene rings is 1. The number of aryl methyl sites for hydroxylation is 3. The SMILES string of the molecule is N#CCCSc1ccccc1NC(=O)CCn1cnc2sc3c(c2c1=O)CCCC3. The second kappa shape index (κ2) is 9.45. The topological polar surface area (TPSA) is 87.8 Å². The summed E-state index contributed by atoms with van der Waals surface area (Å²) in [5.41, 5.74) is 1.86. The molecule has 0 radical (unpaired) electrons. The Morgan fingerprint density at radius 3 is 3.00 bits per heavy atom. The molecule has 1 aromatic carbocycles. The minimum Gasteiger partial charge on any atom is -0.325 e. The highest BCUT2D eigenvalue weighted by Gasteiger charge is 2.20. The van der Waals surface area contributed by atoms with Crippen molar-refractivity contribution in [3.05, 3.63) is 51.4 Å². The Balaban J connectivity index is 1.45. The van der Waals surface area contributed by atoms with Crippen molar-refractivity contribution in [2.75, 3.05) is 11.1 Å². The van der Waals surface area contributed by atoms with E-state index in [1.165, 1.54) is 16.9 Å². The molecule has 2 aromatic heterocycles. The average Bonchev–Trinajstić information content (AvgIpc) is 3.14. The highest BCUT2D eigenvalue weighted by atomic mass is 32.2. The van der Waals surface area contributed by atoms with E-state index >= 15 is 0 Å². The van der Waals surface area contributed by atoms with Crippen LogP contribution in [0, 0.1) is 11.3 Å². The number of hydrogen-bond donors (Lipinski definition) is 1. The number of aromatic nitrogens is 2. The fourth-order valence-electron chi connectivity index (χ4n) is 3.68. The molecule has 0 fully saturated rings. The van der Waals surface area contributed by atoms with Gasteiger partial charge in [-0.1, -0.05) is 12.1 Å². The van der Waals surface area contributed by atoms with Gasteiger partial charge in [0.2, 0.25) is 5.91 Å². The van der Waals surface area contributed by atoms with Gasteiger partial charge >= 0.3 is 0 Å². The van der Waals surface area contributed by atoms with Crippen LogP contribution < -0.4 is 10.9 Å². The smallest absolute Gasteiger partial charge is 0.262 e. The number of thioether (sulfide) groups is 1. The van der Waals surface area contributed by atoms with Gasteiger partial charge in [0.05, 0.1) is 23.5 Å². The summed E-state index contributed by atoms with van der Waals surface area (Å²) in [6.07, 6.45) is 6.46. The van der Waals surface area contributed by atoms with Crippen molar-refractivity contribution >= 4 is 44.9 Å². The highest BCUT2D eigenvalue weighted by molar-refractivity contribution is 7.99. The predicted octanol–water partition coefficient (Wildman–Crippen LogP) is 4.37. The van der Waals surface area contributed by atoms with E-state index in [1.54, 1.807) is 34.0 Å². The van der Waals surface area contributed by atoms with Crippen molar-refractivity contribution in [2.24, 2.45) is 0 Å². The summed E-state index contributed by atoms with van der Waals surface area (Å²) in [5.74, 6) is 0.526. The number of nitriles is 1. The number of nitrogens with zero attached hydrogens (tertiary/aromatic N) is 3. The fourth-order valence-corrected chi connectivity index (χ4v) is 5.76. The van der Waals surface area contributed by atoms with Crippen LogP contribution >= 0.6 is 23.1 Å². The molecule has 1 aliphatic rings. The molecule has 0 atom stereocenters. The number of carbonyl (C=O) groups is 1. The van der Waals surface area contributed by atoms with Gasteiger partial charge in [0.1, 0.15) is 4.83 Å². The molecule has 0 saturated carbocycles. The maximum absolute atomic E-state index is 13.0. The van der Waals surface area contributed by atoms with Crippen LogP contribution in [0.3, 0.4) is 0 Å². The second-order valence-electron chi connectivity index (χ2n) is 7.19. The first-order chi connectivity index (χ1) is 14.7. The van der Waals surface area contributed by atoms with E-state index in [9.17, 15) is 9.59 Å². The molecule has 6 nitrogen and oxygen atoms in total. The Morgan fingerprint density at radius 1 is 1.30 bits per heavy atom. The molecule has 1 aliphatic carbocycles. The van der Waals surface area contributed by atoms with E-state index < -0.39 is 0 Å². The zero-order valence-corrected chi connectivity index (χ0v) is 18.2. The Hall–Kier alpha value is -2.63. The van der Waals surface area contributed by atoms with Crippen molar-refractivity contribution in [1.82, 2.24) is 9.55 Å². The number of rotatable bonds is 7. The minimum absolute atomic E-state index is 0.0420. The zero-order chi connectivity index (χ0) is 20.9. The van der Waals surface area contributed by atoms with Gasteiger partial charge in [0.15, 0.2) is 0 Å². The number of fused-ring (bicyclic) bond motifs is 3. The third kappa shape index (κ3) is 4.42. The molecule has 1 amide bonds. The summed E-state index contributed by atoms with van der Waals surface area (Å²) in [5, 5.41) is 12.4. The molecule has 154 valence electrons. The van der Waals surface area contributed by atoms with Crippen LogP contribution in [0.2, 0.25) is 0 Å². The van der Waals surface area contributed by atoms with Gasteiger partial charge in [0, 0.05) is 34.9 Å². The van der Waals surface area contributed by atoms with Crippen LogP contribution in [-0.2, 0) is 24.2 Å². The van der Waals surface area contributed by atoms with Gasteiger partial charge in [-0.25, -0.2) is 4.98 Å². The standard InChI is InChI=1S/C22H22N4O2S2/c23-11-5-13-29-18-9-4-2-7-16(18)25-19(27)10-12-26-14-24-21-20(22(26)28)15-6-1-3-8-17(15)30-21/h2,4,7,9,14H,1,3,5-6,8,10,12-13H2,(H,25,27). The average molecular weight is 439 g/mol. The largest absolute Gasteiger partial charge is 0.325 e. The molecule has 4 rings (SSSR count). The van der Waals surface area contributed by atoms with Crippen LogP contribution in [0.5, 0.6) is 0 Å². The molecule has 0 spiro atoms. The molecule has 0 unspecified atom stereocenters. The summed E-state index contributed by atoms with van der Waals surface area (Å²) < 4.78 is 1.55. The van der Waals surface area contributed by atoms with Crippen LogP contribution in [-0.4, -0.2) is 21.2 Å². The number of nitrogens with one attached hydrogen (secondary N) is 1. The molecule has 30 heavy (non-hydrogen) atoms. The summed E-state index contributed by atoms with van der Waals surface area (Å²) in [6.45, 7) is 0.294. The predicted molar refractivity (Wildman–Crippen MR) is 121 cm³/mol. The lowest BCUT2D eigenvalue weighted by Crippen LogP contribution is -2.24. The van der Waals surface area contributed by atoms with Crippen LogP contribution in [0.15, 0.2) is 40.3 Å². The van der Waals surface area contributed by atoms with E-state index in [2.05, 4.69) is 16.4 Å². The molecule has 0 aliphatic heterocycles. The monoisotopic (exact) mass is 438 g/mol. The number of anilines is 1. The summed E-state index contributed by atoms with van der Waals surface area (Å²) >= 11 is 3.18. The van der Waals surface area contributed by atoms with Gasteiger partial charge in [-0.2, -0.15) is 5.26 Å². The quantitative estimate of drug-likeness (QED) is 0.437. The summed E-state index contributed by atoms with van der Waals surface area (Å²) in [7, 11) is 0. The van der Waals surface area contributed by atoms with E-state index in [1.807, 2.05) is 24.3 Å². The van der Waals surface area contributed by atoms with E-state index in [4.69, 9.17) is 5.26 Å². The van der Waals surface area contributed by atoms with Crippen molar-refractivity contribution in [1.29, 1.82) is 5.26 Å². The Kier molecular flexibility index (Phi) is 6.50. The van der Waals surface area contributed by atoms with Gasteiger partial charge in [-0.3, -0.25) is 14.2 Å². The third-order valence-electron chi connectivity index (χ3n) is 5.15. The molecule has 0 bridgehead atoms. The maximum Gasteiger partial charge on any atom is 0.262 e. The second-order valence-corrected chi connectivity index (χ2v) is 9.41. The molecule has 3 aromatic rings. The lowest BCUT2D eigenvalue weighted by Gasteiger charge is -2.11. The van der Waals surface area contributed by atoms with Crippen molar-refractivity contribution in [3.63, 3.8) is 0 Å². The van der Waals surface area contributed by atoms with Gasteiger partial charge in [-0.15, -0.1) is 23.1 Å². The Morgan fingerprint density at radius 2 is 2.13 bits per heavy atom. The third-order valence-corrected chi connectivity index (χ3v) is 7.43. The maximum atomic E-state index is 13.0. The first-order valence-corrected chi connectivity index (χ1v) is 11.9. The summed E-state index contributed by atoms with van der Waals surface area (Å²) in [6, 6.07) is 9.68. The number of amides is 1. The lowest BCUT2D eigenvalue weighted by atomic mass is 9.97. The zero-order valence-electron chi connectivity index (χ0n) is 16.5. The first kappa shape index (κ1) is 20.6. The first-order valence-electron chi connectivity index (χ1n) is 10.1. The van der Waals surface area contributed by atoms with Gasteiger partial charge in [0.25, 0.3) is 5.56 Å². The molecular formula is C22H22N4O2S2. The number of benzene rings is 1. The number of para-hydroxylation sites is 1. The van der Waals surface area contributed by atoms with Crippen LogP contribution in [0.4, 0.5) is 5.69 Å². The number of carbonyl (C=O) groups excluding carboxylic acids is 1. The number of hydrogen-bond acceptors (Lipinski definition) is 6. The van der Waals surface area contributed by atoms with Crippen molar-refractivity contribution < 1.29 is 4.79 Å². The van der Waals surface area contributed by atoms with Crippen molar-refractivity contribution in [2.45, 2.75) is 50.0 Å².